The van der Waals surface area contributed by atoms with Gasteiger partial charge in [0.1, 0.15) is 0 Å². The first-order chi connectivity index (χ1) is 9.70. The summed E-state index contributed by atoms with van der Waals surface area (Å²) in [5.41, 5.74) is 1.39. The third-order valence-corrected chi connectivity index (χ3v) is 4.71. The van der Waals surface area contributed by atoms with Crippen molar-refractivity contribution < 1.29 is 0 Å². The zero-order valence-electron chi connectivity index (χ0n) is 12.7. The monoisotopic (exact) mass is 338 g/mol. The van der Waals surface area contributed by atoms with Gasteiger partial charge in [-0.1, -0.05) is 41.1 Å². The first-order valence-electron chi connectivity index (χ1n) is 7.87. The zero-order valence-corrected chi connectivity index (χ0v) is 14.3. The molecule has 112 valence electrons. The summed E-state index contributed by atoms with van der Waals surface area (Å²) in [6, 6.07) is 9.05. The molecule has 20 heavy (non-hydrogen) atoms. The molecule has 0 heterocycles. The minimum Gasteiger partial charge on any atom is -0.310 e. The Morgan fingerprint density at radius 1 is 1.35 bits per heavy atom. The number of nitrogens with zero attached hydrogens (tertiary/aromatic N) is 1. The largest absolute Gasteiger partial charge is 0.310 e. The van der Waals surface area contributed by atoms with Crippen LogP contribution >= 0.6 is 15.9 Å². The van der Waals surface area contributed by atoms with Gasteiger partial charge in [0.2, 0.25) is 0 Å². The van der Waals surface area contributed by atoms with E-state index >= 15 is 0 Å². The van der Waals surface area contributed by atoms with E-state index in [0.717, 1.165) is 12.5 Å². The fraction of sp³-hybridized carbons (Fsp3) is 0.647. The highest BCUT2D eigenvalue weighted by atomic mass is 79.9. The van der Waals surface area contributed by atoms with E-state index in [1.807, 2.05) is 0 Å². The molecule has 1 fully saturated rings. The summed E-state index contributed by atoms with van der Waals surface area (Å²) in [5, 5.41) is 3.69. The third kappa shape index (κ3) is 5.19. The van der Waals surface area contributed by atoms with E-state index in [4.69, 9.17) is 0 Å². The molecule has 1 N–H and O–H groups in total. The van der Waals surface area contributed by atoms with Gasteiger partial charge in [0.15, 0.2) is 0 Å². The van der Waals surface area contributed by atoms with Crippen LogP contribution in [0.3, 0.4) is 0 Å². The average molecular weight is 339 g/mol. The summed E-state index contributed by atoms with van der Waals surface area (Å²) in [5.74, 6) is 0.977. The maximum absolute atomic E-state index is 3.69. The third-order valence-electron chi connectivity index (χ3n) is 3.99. The van der Waals surface area contributed by atoms with Crippen molar-refractivity contribution in [2.45, 2.75) is 38.6 Å². The fourth-order valence-corrected chi connectivity index (χ4v) is 3.19. The minimum atomic E-state index is 0.451. The van der Waals surface area contributed by atoms with Gasteiger partial charge < -0.3 is 10.2 Å². The Labute approximate surface area is 132 Å². The lowest BCUT2D eigenvalue weighted by molar-refractivity contribution is 0.296. The lowest BCUT2D eigenvalue weighted by Crippen LogP contribution is -2.29. The van der Waals surface area contributed by atoms with Gasteiger partial charge in [-0.15, -0.1) is 0 Å². The first kappa shape index (κ1) is 16.0. The van der Waals surface area contributed by atoms with E-state index in [-0.39, 0.29) is 0 Å². The van der Waals surface area contributed by atoms with Crippen molar-refractivity contribution in [2.24, 2.45) is 5.92 Å². The zero-order chi connectivity index (χ0) is 14.4. The lowest BCUT2D eigenvalue weighted by Gasteiger charge is -2.24. The highest BCUT2D eigenvalue weighted by molar-refractivity contribution is 9.10. The maximum atomic E-state index is 3.69. The van der Waals surface area contributed by atoms with Crippen LogP contribution in [0.4, 0.5) is 0 Å². The molecular weight excluding hydrogens is 312 g/mol. The Balaban J connectivity index is 1.90. The highest BCUT2D eigenvalue weighted by Gasteiger charge is 2.23. The molecule has 1 aliphatic carbocycles. The fourth-order valence-electron chi connectivity index (χ4n) is 2.63. The summed E-state index contributed by atoms with van der Waals surface area (Å²) in [6.07, 6.45) is 5.23. The van der Waals surface area contributed by atoms with Gasteiger partial charge in [-0.05, 0) is 63.4 Å². The average Bonchev–Trinajstić information content (AvgIpc) is 3.24. The van der Waals surface area contributed by atoms with Crippen molar-refractivity contribution in [1.29, 1.82) is 0 Å². The van der Waals surface area contributed by atoms with Gasteiger partial charge in [-0.3, -0.25) is 0 Å². The van der Waals surface area contributed by atoms with E-state index in [1.54, 1.807) is 0 Å². The second-order valence-corrected chi connectivity index (χ2v) is 6.88. The van der Waals surface area contributed by atoms with Gasteiger partial charge in [-0.25, -0.2) is 0 Å². The van der Waals surface area contributed by atoms with Gasteiger partial charge in [0.25, 0.3) is 0 Å². The van der Waals surface area contributed by atoms with E-state index in [2.05, 4.69) is 64.4 Å². The number of hydrogen-bond acceptors (Lipinski definition) is 2. The lowest BCUT2D eigenvalue weighted by atomic mass is 10.0. The van der Waals surface area contributed by atoms with Crippen LogP contribution in [0.25, 0.3) is 0 Å². The van der Waals surface area contributed by atoms with Crippen molar-refractivity contribution in [3.05, 3.63) is 34.3 Å². The smallest absolute Gasteiger partial charge is 0.0343 e. The predicted octanol–water partition coefficient (Wildman–Crippen LogP) is 4.22. The SMILES string of the molecule is CCCNC(CCN(C)CC1CC1)c1ccccc1Br. The van der Waals surface area contributed by atoms with E-state index in [0.29, 0.717) is 6.04 Å². The van der Waals surface area contributed by atoms with Gasteiger partial charge in [0, 0.05) is 17.1 Å². The Kier molecular flexibility index (Phi) is 6.53. The van der Waals surface area contributed by atoms with Crippen molar-refractivity contribution in [1.82, 2.24) is 10.2 Å². The normalized spacial score (nSPS) is 16.6. The molecule has 0 radical (unpaired) electrons. The molecule has 0 aromatic heterocycles. The number of benzene rings is 1. The van der Waals surface area contributed by atoms with Crippen LogP contribution in [0.15, 0.2) is 28.7 Å². The molecule has 0 saturated heterocycles. The molecule has 0 bridgehead atoms. The summed E-state index contributed by atoms with van der Waals surface area (Å²) in [6.45, 7) is 5.75. The highest BCUT2D eigenvalue weighted by Crippen LogP contribution is 2.30. The molecule has 1 saturated carbocycles. The van der Waals surface area contributed by atoms with Crippen LogP contribution in [0, 0.1) is 5.92 Å². The first-order valence-corrected chi connectivity index (χ1v) is 8.66. The number of nitrogens with one attached hydrogen (secondary N) is 1. The van der Waals surface area contributed by atoms with Crippen LogP contribution in [0.5, 0.6) is 0 Å². The molecule has 1 aromatic carbocycles. The van der Waals surface area contributed by atoms with Gasteiger partial charge in [0.05, 0.1) is 0 Å². The van der Waals surface area contributed by atoms with Crippen molar-refractivity contribution in [3.63, 3.8) is 0 Å². The molecule has 3 heteroatoms. The number of rotatable bonds is 9. The topological polar surface area (TPSA) is 15.3 Å². The molecule has 0 amide bonds. The maximum Gasteiger partial charge on any atom is 0.0343 e. The molecule has 1 aliphatic rings. The summed E-state index contributed by atoms with van der Waals surface area (Å²) in [4.78, 5) is 2.50. The summed E-state index contributed by atoms with van der Waals surface area (Å²) >= 11 is 3.69. The Morgan fingerprint density at radius 3 is 2.75 bits per heavy atom. The summed E-state index contributed by atoms with van der Waals surface area (Å²) in [7, 11) is 2.26. The van der Waals surface area contributed by atoms with Gasteiger partial charge in [-0.2, -0.15) is 0 Å². The van der Waals surface area contributed by atoms with Crippen LogP contribution in [0.1, 0.15) is 44.2 Å². The summed E-state index contributed by atoms with van der Waals surface area (Å²) < 4.78 is 1.22. The molecule has 1 aromatic rings. The van der Waals surface area contributed by atoms with Crippen LogP contribution in [0.2, 0.25) is 0 Å². The standard InChI is InChI=1S/C17H27BrN2/c1-3-11-19-17(15-6-4-5-7-16(15)18)10-12-20(2)13-14-8-9-14/h4-7,14,17,19H,3,8-13H2,1-2H3. The molecular formula is C17H27BrN2. The molecule has 0 aliphatic heterocycles. The van der Waals surface area contributed by atoms with E-state index in [1.165, 1.54) is 48.8 Å². The quantitative estimate of drug-likeness (QED) is 0.725. The van der Waals surface area contributed by atoms with Crippen LogP contribution in [-0.4, -0.2) is 31.6 Å². The van der Waals surface area contributed by atoms with Gasteiger partial charge >= 0.3 is 0 Å². The number of halogens is 1. The van der Waals surface area contributed by atoms with Crippen molar-refractivity contribution >= 4 is 15.9 Å². The molecule has 2 nitrogen and oxygen atoms in total. The predicted molar refractivity (Wildman–Crippen MR) is 90.0 cm³/mol. The van der Waals surface area contributed by atoms with Crippen LogP contribution < -0.4 is 5.32 Å². The molecule has 1 atom stereocenters. The van der Waals surface area contributed by atoms with Crippen molar-refractivity contribution in [3.8, 4) is 0 Å². The molecule has 2 rings (SSSR count). The number of hydrogen-bond donors (Lipinski definition) is 1. The van der Waals surface area contributed by atoms with Crippen LogP contribution in [-0.2, 0) is 0 Å². The van der Waals surface area contributed by atoms with E-state index < -0.39 is 0 Å². The van der Waals surface area contributed by atoms with E-state index in [9.17, 15) is 0 Å². The Morgan fingerprint density at radius 2 is 2.10 bits per heavy atom. The Bertz CT molecular complexity index is 404. The molecule has 1 unspecified atom stereocenters. The Hall–Kier alpha value is -0.380. The molecule has 0 spiro atoms. The second-order valence-electron chi connectivity index (χ2n) is 6.02. The second kappa shape index (κ2) is 8.16. The van der Waals surface area contributed by atoms with Crippen molar-refractivity contribution in [2.75, 3.05) is 26.7 Å². The minimum absolute atomic E-state index is 0.451.